The van der Waals surface area contributed by atoms with Crippen molar-refractivity contribution in [3.05, 3.63) is 66.0 Å². The molecule has 0 aliphatic rings. The average Bonchev–Trinajstić information content (AvgIpc) is 2.47. The van der Waals surface area contributed by atoms with Crippen molar-refractivity contribution in [3.8, 4) is 0 Å². The van der Waals surface area contributed by atoms with Crippen molar-refractivity contribution < 1.29 is 9.18 Å². The fourth-order valence-corrected chi connectivity index (χ4v) is 2.17. The van der Waals surface area contributed by atoms with E-state index in [4.69, 9.17) is 0 Å². The summed E-state index contributed by atoms with van der Waals surface area (Å²) in [6, 6.07) is 16.2. The van der Waals surface area contributed by atoms with Gasteiger partial charge < -0.3 is 10.6 Å². The number of rotatable bonds is 6. The van der Waals surface area contributed by atoms with Crippen molar-refractivity contribution >= 4 is 11.6 Å². The number of anilines is 1. The molecule has 21 heavy (non-hydrogen) atoms. The molecule has 0 radical (unpaired) electrons. The van der Waals surface area contributed by atoms with Gasteiger partial charge in [-0.15, -0.1) is 0 Å². The van der Waals surface area contributed by atoms with E-state index in [2.05, 4.69) is 10.6 Å². The fourth-order valence-electron chi connectivity index (χ4n) is 2.17. The van der Waals surface area contributed by atoms with E-state index in [-0.39, 0.29) is 17.8 Å². The minimum absolute atomic E-state index is 0.0186. The number of halogens is 1. The normalized spacial score (nSPS) is 11.7. The average molecular weight is 286 g/mol. The number of carbonyl (C=O) groups excluding carboxylic acids is 1. The molecule has 2 N–H and O–H groups in total. The summed E-state index contributed by atoms with van der Waals surface area (Å²) in [5, 5.41) is 6.15. The van der Waals surface area contributed by atoms with Crippen LogP contribution < -0.4 is 10.6 Å². The second kappa shape index (κ2) is 7.43. The second-order valence-electron chi connectivity index (χ2n) is 4.97. The third-order valence-corrected chi connectivity index (χ3v) is 3.13. The molecule has 1 amide bonds. The Balaban J connectivity index is 1.96. The van der Waals surface area contributed by atoms with Gasteiger partial charge in [-0.05, 0) is 36.2 Å². The Morgan fingerprint density at radius 3 is 2.38 bits per heavy atom. The molecule has 1 unspecified atom stereocenters. The van der Waals surface area contributed by atoms with Gasteiger partial charge in [0.2, 0.25) is 5.91 Å². The predicted octanol–water partition coefficient (Wildman–Crippen LogP) is 2.99. The zero-order valence-electron chi connectivity index (χ0n) is 12.0. The topological polar surface area (TPSA) is 41.1 Å². The lowest BCUT2D eigenvalue weighted by atomic mass is 10.1. The Hall–Kier alpha value is -2.36. The maximum Gasteiger partial charge on any atom is 0.217 e. The van der Waals surface area contributed by atoms with Crippen LogP contribution in [0, 0.1) is 5.82 Å². The molecular weight excluding hydrogens is 267 g/mol. The minimum atomic E-state index is -0.261. The summed E-state index contributed by atoms with van der Waals surface area (Å²) in [6.07, 6.45) is 0.745. The Bertz CT molecular complexity index is 569. The molecule has 0 bridgehead atoms. The molecule has 2 rings (SSSR count). The zero-order valence-corrected chi connectivity index (χ0v) is 12.0. The Kier molecular flexibility index (Phi) is 5.32. The van der Waals surface area contributed by atoms with Gasteiger partial charge in [-0.25, -0.2) is 4.39 Å². The first-order valence-corrected chi connectivity index (χ1v) is 6.94. The highest BCUT2D eigenvalue weighted by molar-refractivity contribution is 5.73. The maximum absolute atomic E-state index is 12.9. The van der Waals surface area contributed by atoms with Gasteiger partial charge in [0.05, 0.1) is 6.04 Å². The van der Waals surface area contributed by atoms with Crippen LogP contribution in [0.4, 0.5) is 10.1 Å². The fraction of sp³-hybridized carbons (Fsp3) is 0.235. The first kappa shape index (κ1) is 15.0. The lowest BCUT2D eigenvalue weighted by molar-refractivity contribution is -0.119. The van der Waals surface area contributed by atoms with Crippen molar-refractivity contribution in [2.75, 3.05) is 11.9 Å². The number of benzene rings is 2. The van der Waals surface area contributed by atoms with Gasteiger partial charge in [-0.1, -0.05) is 30.3 Å². The van der Waals surface area contributed by atoms with Crippen molar-refractivity contribution in [1.29, 1.82) is 0 Å². The summed E-state index contributed by atoms with van der Waals surface area (Å²) in [5.41, 5.74) is 2.00. The van der Waals surface area contributed by atoms with Crippen LogP contribution >= 0.6 is 0 Å². The number of nitrogens with one attached hydrogen (secondary N) is 2. The summed E-state index contributed by atoms with van der Waals surface area (Å²) in [5.74, 6) is -0.319. The van der Waals surface area contributed by atoms with E-state index in [1.54, 1.807) is 12.1 Å². The first-order chi connectivity index (χ1) is 10.1. The largest absolute Gasteiger partial charge is 0.383 e. The van der Waals surface area contributed by atoms with E-state index < -0.39 is 0 Å². The highest BCUT2D eigenvalue weighted by Gasteiger charge is 2.10. The molecule has 110 valence electrons. The number of amides is 1. The van der Waals surface area contributed by atoms with E-state index in [0.29, 0.717) is 6.54 Å². The quantitative estimate of drug-likeness (QED) is 0.857. The van der Waals surface area contributed by atoms with Crippen molar-refractivity contribution in [3.63, 3.8) is 0 Å². The van der Waals surface area contributed by atoms with E-state index in [9.17, 15) is 9.18 Å². The van der Waals surface area contributed by atoms with Crippen LogP contribution in [-0.4, -0.2) is 18.5 Å². The summed E-state index contributed by atoms with van der Waals surface area (Å²) in [6.45, 7) is 2.09. The SMILES string of the molecule is CC(=O)NC(CNc1ccc(F)cc1)Cc1ccccc1. The highest BCUT2D eigenvalue weighted by atomic mass is 19.1. The molecule has 0 aliphatic heterocycles. The second-order valence-corrected chi connectivity index (χ2v) is 4.97. The molecule has 0 heterocycles. The van der Waals surface area contributed by atoms with E-state index in [0.717, 1.165) is 17.7 Å². The van der Waals surface area contributed by atoms with Gasteiger partial charge in [0.1, 0.15) is 5.82 Å². The van der Waals surface area contributed by atoms with Gasteiger partial charge >= 0.3 is 0 Å². The van der Waals surface area contributed by atoms with Crippen molar-refractivity contribution in [2.24, 2.45) is 0 Å². The third-order valence-electron chi connectivity index (χ3n) is 3.13. The highest BCUT2D eigenvalue weighted by Crippen LogP contribution is 2.09. The zero-order chi connectivity index (χ0) is 15.1. The van der Waals surface area contributed by atoms with Crippen LogP contribution in [0.15, 0.2) is 54.6 Å². The van der Waals surface area contributed by atoms with E-state index in [1.807, 2.05) is 30.3 Å². The first-order valence-electron chi connectivity index (χ1n) is 6.94. The van der Waals surface area contributed by atoms with Gasteiger partial charge in [-0.2, -0.15) is 0 Å². The molecule has 3 nitrogen and oxygen atoms in total. The summed E-state index contributed by atoms with van der Waals surface area (Å²) < 4.78 is 12.9. The number of hydrogen-bond donors (Lipinski definition) is 2. The minimum Gasteiger partial charge on any atom is -0.383 e. The number of carbonyl (C=O) groups is 1. The van der Waals surface area contributed by atoms with Gasteiger partial charge in [-0.3, -0.25) is 4.79 Å². The van der Waals surface area contributed by atoms with Crippen LogP contribution in [0.5, 0.6) is 0 Å². The maximum atomic E-state index is 12.9. The molecule has 0 saturated heterocycles. The molecule has 4 heteroatoms. The Labute approximate surface area is 124 Å². The van der Waals surface area contributed by atoms with Crippen LogP contribution in [0.3, 0.4) is 0 Å². The lowest BCUT2D eigenvalue weighted by Crippen LogP contribution is -2.40. The molecule has 2 aromatic carbocycles. The van der Waals surface area contributed by atoms with Crippen LogP contribution in [0.25, 0.3) is 0 Å². The van der Waals surface area contributed by atoms with E-state index in [1.165, 1.54) is 19.1 Å². The smallest absolute Gasteiger partial charge is 0.217 e. The third kappa shape index (κ3) is 5.26. The Morgan fingerprint density at radius 2 is 1.76 bits per heavy atom. The van der Waals surface area contributed by atoms with Crippen molar-refractivity contribution in [1.82, 2.24) is 5.32 Å². The predicted molar refractivity (Wildman–Crippen MR) is 82.6 cm³/mol. The number of hydrogen-bond acceptors (Lipinski definition) is 2. The van der Waals surface area contributed by atoms with Crippen LogP contribution in [-0.2, 0) is 11.2 Å². The molecular formula is C17H19FN2O. The summed E-state index contributed by atoms with van der Waals surface area (Å²) in [7, 11) is 0. The van der Waals surface area contributed by atoms with E-state index >= 15 is 0 Å². The van der Waals surface area contributed by atoms with Gasteiger partial charge in [0, 0.05) is 19.2 Å². The molecule has 1 atom stereocenters. The van der Waals surface area contributed by atoms with Crippen LogP contribution in [0.2, 0.25) is 0 Å². The molecule has 0 aromatic heterocycles. The van der Waals surface area contributed by atoms with Gasteiger partial charge in [0.15, 0.2) is 0 Å². The monoisotopic (exact) mass is 286 g/mol. The molecule has 0 saturated carbocycles. The Morgan fingerprint density at radius 1 is 1.10 bits per heavy atom. The standard InChI is InChI=1S/C17H19FN2O/c1-13(21)20-17(11-14-5-3-2-4-6-14)12-19-16-9-7-15(18)8-10-16/h2-10,17,19H,11-12H2,1H3,(H,20,21). The molecule has 0 spiro atoms. The van der Waals surface area contributed by atoms with Gasteiger partial charge in [0.25, 0.3) is 0 Å². The molecule has 0 fully saturated rings. The molecule has 2 aromatic rings. The van der Waals surface area contributed by atoms with Crippen LogP contribution in [0.1, 0.15) is 12.5 Å². The lowest BCUT2D eigenvalue weighted by Gasteiger charge is -2.19. The summed E-state index contributed by atoms with van der Waals surface area (Å²) >= 11 is 0. The molecule has 0 aliphatic carbocycles. The van der Waals surface area contributed by atoms with Crippen molar-refractivity contribution in [2.45, 2.75) is 19.4 Å². The summed E-state index contributed by atoms with van der Waals surface area (Å²) in [4.78, 5) is 11.3.